The SMILES string of the molecule is c1ccc(CNC2CCCC3CNNC32)cc1. The number of benzene rings is 1. The molecule has 2 aliphatic rings. The summed E-state index contributed by atoms with van der Waals surface area (Å²) in [5.74, 6) is 0.817. The van der Waals surface area contributed by atoms with Gasteiger partial charge in [-0.05, 0) is 24.3 Å². The summed E-state index contributed by atoms with van der Waals surface area (Å²) in [4.78, 5) is 0. The van der Waals surface area contributed by atoms with Gasteiger partial charge in [0.05, 0.1) is 0 Å². The molecule has 1 aromatic carbocycles. The molecule has 0 spiro atoms. The minimum atomic E-state index is 0.615. The summed E-state index contributed by atoms with van der Waals surface area (Å²) in [5, 5.41) is 3.71. The molecular weight excluding hydrogens is 210 g/mol. The number of hydrazine groups is 1. The van der Waals surface area contributed by atoms with Crippen molar-refractivity contribution < 1.29 is 0 Å². The largest absolute Gasteiger partial charge is 0.308 e. The highest BCUT2D eigenvalue weighted by atomic mass is 15.4. The van der Waals surface area contributed by atoms with Crippen molar-refractivity contribution in [3.05, 3.63) is 35.9 Å². The molecule has 0 radical (unpaired) electrons. The third-order valence-corrected chi connectivity index (χ3v) is 4.08. The minimum Gasteiger partial charge on any atom is -0.308 e. The second-order valence-corrected chi connectivity index (χ2v) is 5.21. The maximum atomic E-state index is 3.71. The Kier molecular flexibility index (Phi) is 3.41. The zero-order chi connectivity index (χ0) is 11.5. The standard InChI is InChI=1S/C14H21N3/c1-2-5-11(6-3-1)9-15-13-8-4-7-12-10-16-17-14(12)13/h1-3,5-6,12-17H,4,7-10H2. The maximum absolute atomic E-state index is 3.71. The van der Waals surface area contributed by atoms with E-state index in [1.807, 2.05) is 0 Å². The van der Waals surface area contributed by atoms with E-state index in [2.05, 4.69) is 46.5 Å². The molecular formula is C14H21N3. The normalized spacial score (nSPS) is 32.4. The van der Waals surface area contributed by atoms with E-state index in [1.54, 1.807) is 0 Å². The summed E-state index contributed by atoms with van der Waals surface area (Å²) in [6, 6.07) is 11.9. The molecule has 3 heteroatoms. The molecule has 1 heterocycles. The summed E-state index contributed by atoms with van der Waals surface area (Å²) in [6.45, 7) is 2.12. The van der Waals surface area contributed by atoms with E-state index < -0.39 is 0 Å². The molecule has 3 atom stereocenters. The number of nitrogens with one attached hydrogen (secondary N) is 3. The van der Waals surface area contributed by atoms with E-state index >= 15 is 0 Å². The van der Waals surface area contributed by atoms with Crippen molar-refractivity contribution in [1.29, 1.82) is 0 Å². The first-order valence-corrected chi connectivity index (χ1v) is 6.69. The summed E-state index contributed by atoms with van der Waals surface area (Å²) >= 11 is 0. The van der Waals surface area contributed by atoms with Crippen LogP contribution in [0.15, 0.2) is 30.3 Å². The highest BCUT2D eigenvalue weighted by molar-refractivity contribution is 5.14. The molecule has 3 N–H and O–H groups in total. The summed E-state index contributed by atoms with van der Waals surface area (Å²) in [6.07, 6.45) is 4.02. The number of hydrogen-bond donors (Lipinski definition) is 3. The predicted octanol–water partition coefficient (Wildman–Crippen LogP) is 1.42. The van der Waals surface area contributed by atoms with Crippen molar-refractivity contribution in [3.8, 4) is 0 Å². The number of fused-ring (bicyclic) bond motifs is 1. The first kappa shape index (κ1) is 11.2. The van der Waals surface area contributed by atoms with Gasteiger partial charge in [-0.3, -0.25) is 10.9 Å². The Hall–Kier alpha value is -0.900. The third kappa shape index (κ3) is 2.51. The van der Waals surface area contributed by atoms with Crippen LogP contribution in [0, 0.1) is 5.92 Å². The molecule has 3 nitrogen and oxygen atoms in total. The van der Waals surface area contributed by atoms with Crippen molar-refractivity contribution in [2.75, 3.05) is 6.54 Å². The fourth-order valence-electron chi connectivity index (χ4n) is 3.12. The fraction of sp³-hybridized carbons (Fsp3) is 0.571. The Labute approximate surface area is 103 Å². The van der Waals surface area contributed by atoms with Crippen LogP contribution in [0.4, 0.5) is 0 Å². The van der Waals surface area contributed by atoms with Crippen molar-refractivity contribution >= 4 is 0 Å². The van der Waals surface area contributed by atoms with Crippen LogP contribution in [0.3, 0.4) is 0 Å². The zero-order valence-electron chi connectivity index (χ0n) is 10.2. The number of rotatable bonds is 3. The van der Waals surface area contributed by atoms with Gasteiger partial charge < -0.3 is 5.32 Å². The average molecular weight is 231 g/mol. The van der Waals surface area contributed by atoms with Gasteiger partial charge in [0, 0.05) is 25.2 Å². The fourth-order valence-corrected chi connectivity index (χ4v) is 3.12. The lowest BCUT2D eigenvalue weighted by Crippen LogP contribution is -2.51. The molecule has 3 rings (SSSR count). The third-order valence-electron chi connectivity index (χ3n) is 4.08. The molecule has 0 bridgehead atoms. The Morgan fingerprint density at radius 2 is 2.06 bits per heavy atom. The molecule has 17 heavy (non-hydrogen) atoms. The van der Waals surface area contributed by atoms with Crippen LogP contribution in [0.5, 0.6) is 0 Å². The van der Waals surface area contributed by atoms with Crippen LogP contribution in [0.25, 0.3) is 0 Å². The summed E-state index contributed by atoms with van der Waals surface area (Å²) in [7, 11) is 0. The quantitative estimate of drug-likeness (QED) is 0.736. The highest BCUT2D eigenvalue weighted by Gasteiger charge is 2.35. The van der Waals surface area contributed by atoms with E-state index in [-0.39, 0.29) is 0 Å². The van der Waals surface area contributed by atoms with E-state index in [0.29, 0.717) is 12.1 Å². The topological polar surface area (TPSA) is 36.1 Å². The van der Waals surface area contributed by atoms with Crippen LogP contribution in [0.2, 0.25) is 0 Å². The van der Waals surface area contributed by atoms with Gasteiger partial charge in [0.25, 0.3) is 0 Å². The maximum Gasteiger partial charge on any atom is 0.0407 e. The van der Waals surface area contributed by atoms with E-state index in [0.717, 1.165) is 19.0 Å². The van der Waals surface area contributed by atoms with Gasteiger partial charge in [-0.25, -0.2) is 0 Å². The number of hydrogen-bond acceptors (Lipinski definition) is 3. The van der Waals surface area contributed by atoms with Gasteiger partial charge >= 0.3 is 0 Å². The Balaban J connectivity index is 1.57. The Morgan fingerprint density at radius 3 is 2.94 bits per heavy atom. The lowest BCUT2D eigenvalue weighted by atomic mass is 9.82. The molecule has 1 aliphatic heterocycles. The molecule has 0 amide bonds. The smallest absolute Gasteiger partial charge is 0.0407 e. The van der Waals surface area contributed by atoms with Gasteiger partial charge in [-0.15, -0.1) is 0 Å². The molecule has 3 unspecified atom stereocenters. The minimum absolute atomic E-state index is 0.615. The zero-order valence-corrected chi connectivity index (χ0v) is 10.2. The van der Waals surface area contributed by atoms with E-state index in [1.165, 1.54) is 24.8 Å². The van der Waals surface area contributed by atoms with Crippen molar-refractivity contribution in [3.63, 3.8) is 0 Å². The highest BCUT2D eigenvalue weighted by Crippen LogP contribution is 2.26. The van der Waals surface area contributed by atoms with Crippen molar-refractivity contribution in [2.45, 2.75) is 37.9 Å². The van der Waals surface area contributed by atoms with Crippen molar-refractivity contribution in [1.82, 2.24) is 16.2 Å². The van der Waals surface area contributed by atoms with Gasteiger partial charge in [0.1, 0.15) is 0 Å². The van der Waals surface area contributed by atoms with Gasteiger partial charge in [0.2, 0.25) is 0 Å². The molecule has 92 valence electrons. The predicted molar refractivity (Wildman–Crippen MR) is 69.3 cm³/mol. The molecule has 1 saturated carbocycles. The molecule has 0 aromatic heterocycles. The summed E-state index contributed by atoms with van der Waals surface area (Å²) < 4.78 is 0. The monoisotopic (exact) mass is 231 g/mol. The van der Waals surface area contributed by atoms with Gasteiger partial charge in [-0.2, -0.15) is 0 Å². The molecule has 1 aromatic rings. The van der Waals surface area contributed by atoms with Crippen LogP contribution in [-0.2, 0) is 6.54 Å². The lowest BCUT2D eigenvalue weighted by molar-refractivity contribution is 0.254. The van der Waals surface area contributed by atoms with Crippen LogP contribution >= 0.6 is 0 Å². The molecule has 2 fully saturated rings. The lowest BCUT2D eigenvalue weighted by Gasteiger charge is -2.33. The Bertz CT molecular complexity index is 352. The summed E-state index contributed by atoms with van der Waals surface area (Å²) in [5.41, 5.74) is 8.11. The van der Waals surface area contributed by atoms with Crippen LogP contribution < -0.4 is 16.2 Å². The van der Waals surface area contributed by atoms with Gasteiger partial charge in [0.15, 0.2) is 0 Å². The second kappa shape index (κ2) is 5.17. The first-order valence-electron chi connectivity index (χ1n) is 6.69. The van der Waals surface area contributed by atoms with Crippen LogP contribution in [-0.4, -0.2) is 18.6 Å². The first-order chi connectivity index (χ1) is 8.43. The van der Waals surface area contributed by atoms with E-state index in [4.69, 9.17) is 0 Å². The second-order valence-electron chi connectivity index (χ2n) is 5.21. The Morgan fingerprint density at radius 1 is 1.18 bits per heavy atom. The molecule has 1 aliphatic carbocycles. The average Bonchev–Trinajstić information content (AvgIpc) is 2.86. The van der Waals surface area contributed by atoms with Gasteiger partial charge in [-0.1, -0.05) is 36.8 Å². The van der Waals surface area contributed by atoms with E-state index in [9.17, 15) is 0 Å². The molecule has 1 saturated heterocycles. The van der Waals surface area contributed by atoms with Crippen LogP contribution in [0.1, 0.15) is 24.8 Å². The van der Waals surface area contributed by atoms with Crippen molar-refractivity contribution in [2.24, 2.45) is 5.92 Å².